The number of benzene rings is 3. The van der Waals surface area contributed by atoms with Gasteiger partial charge in [0.15, 0.2) is 5.82 Å². The van der Waals surface area contributed by atoms with Gasteiger partial charge in [-0.15, -0.1) is 5.10 Å². The van der Waals surface area contributed by atoms with Crippen molar-refractivity contribution in [2.45, 2.75) is 13.3 Å². The Bertz CT molecular complexity index is 1330. The first-order valence-corrected chi connectivity index (χ1v) is 10.7. The molecule has 0 saturated heterocycles. The van der Waals surface area contributed by atoms with Crippen molar-refractivity contribution in [3.8, 4) is 0 Å². The summed E-state index contributed by atoms with van der Waals surface area (Å²) in [5.41, 5.74) is 3.89. The van der Waals surface area contributed by atoms with E-state index in [1.54, 1.807) is 6.92 Å². The van der Waals surface area contributed by atoms with Gasteiger partial charge in [-0.2, -0.15) is 4.68 Å². The second-order valence-corrected chi connectivity index (χ2v) is 7.84. The van der Waals surface area contributed by atoms with Crippen LogP contribution in [0.5, 0.6) is 0 Å². The molecule has 32 heavy (non-hydrogen) atoms. The molecular formula is C26H23N5O. The molecule has 1 aliphatic rings. The molecule has 1 aliphatic heterocycles. The lowest BCUT2D eigenvalue weighted by Gasteiger charge is -2.28. The van der Waals surface area contributed by atoms with Crippen molar-refractivity contribution < 1.29 is 4.79 Å². The van der Waals surface area contributed by atoms with Crippen LogP contribution in [-0.2, 0) is 4.79 Å². The normalized spacial score (nSPS) is 14.5. The average Bonchev–Trinajstić information content (AvgIpc) is 3.28. The van der Waals surface area contributed by atoms with Gasteiger partial charge >= 0.3 is 0 Å². The minimum atomic E-state index is -0.0857. The fraction of sp³-hybridized carbons (Fsp3) is 0.154. The van der Waals surface area contributed by atoms with Crippen LogP contribution in [0.2, 0.25) is 0 Å². The molecule has 0 N–H and O–H groups in total. The van der Waals surface area contributed by atoms with E-state index in [1.165, 1.54) is 26.6 Å². The van der Waals surface area contributed by atoms with E-state index in [9.17, 15) is 4.79 Å². The highest BCUT2D eigenvalue weighted by molar-refractivity contribution is 6.18. The summed E-state index contributed by atoms with van der Waals surface area (Å²) in [6, 6.07) is 24.6. The van der Waals surface area contributed by atoms with Crippen LogP contribution in [-0.4, -0.2) is 44.1 Å². The molecule has 0 atom stereocenters. The molecule has 0 radical (unpaired) electrons. The molecule has 1 aromatic heterocycles. The van der Waals surface area contributed by atoms with Gasteiger partial charge < -0.3 is 4.90 Å². The number of tetrazole rings is 1. The monoisotopic (exact) mass is 421 g/mol. The number of amides is 1. The van der Waals surface area contributed by atoms with Gasteiger partial charge in [0.05, 0.1) is 0 Å². The first-order chi connectivity index (χ1) is 15.7. The summed E-state index contributed by atoms with van der Waals surface area (Å²) < 4.78 is 1.51. The third kappa shape index (κ3) is 3.83. The molecule has 6 nitrogen and oxygen atoms in total. The van der Waals surface area contributed by atoms with Gasteiger partial charge in [-0.1, -0.05) is 78.9 Å². The van der Waals surface area contributed by atoms with E-state index in [-0.39, 0.29) is 5.91 Å². The number of hydrogen-bond donors (Lipinski definition) is 0. The number of hydrogen-bond acceptors (Lipinski definition) is 4. The molecular weight excluding hydrogens is 398 g/mol. The lowest BCUT2D eigenvalue weighted by molar-refractivity contribution is -0.125. The van der Waals surface area contributed by atoms with Crippen molar-refractivity contribution in [1.82, 2.24) is 25.1 Å². The van der Waals surface area contributed by atoms with Crippen molar-refractivity contribution >= 4 is 34.0 Å². The Kier molecular flexibility index (Phi) is 5.34. The van der Waals surface area contributed by atoms with Gasteiger partial charge in [0.2, 0.25) is 0 Å². The molecule has 1 amide bonds. The van der Waals surface area contributed by atoms with Crippen molar-refractivity contribution in [2.75, 3.05) is 13.1 Å². The Morgan fingerprint density at radius 1 is 0.969 bits per heavy atom. The van der Waals surface area contributed by atoms with Crippen molar-refractivity contribution in [3.63, 3.8) is 0 Å². The van der Waals surface area contributed by atoms with Gasteiger partial charge in [0, 0.05) is 13.1 Å². The maximum Gasteiger partial charge on any atom is 0.272 e. The Morgan fingerprint density at radius 2 is 1.75 bits per heavy atom. The van der Waals surface area contributed by atoms with Crippen LogP contribution in [0.15, 0.2) is 78.9 Å². The first-order valence-electron chi connectivity index (χ1n) is 10.7. The number of aryl methyl sites for hydroxylation is 1. The largest absolute Gasteiger partial charge is 0.333 e. The van der Waals surface area contributed by atoms with Crippen LogP contribution in [0.1, 0.15) is 23.4 Å². The fourth-order valence-corrected chi connectivity index (χ4v) is 4.14. The number of nitrogens with zero attached hydrogens (tertiary/aromatic N) is 5. The van der Waals surface area contributed by atoms with Crippen molar-refractivity contribution in [2.24, 2.45) is 0 Å². The highest BCUT2D eigenvalue weighted by Gasteiger charge is 2.24. The minimum Gasteiger partial charge on any atom is -0.333 e. The van der Waals surface area contributed by atoms with Gasteiger partial charge in [-0.3, -0.25) is 4.79 Å². The summed E-state index contributed by atoms with van der Waals surface area (Å²) >= 11 is 0. The van der Waals surface area contributed by atoms with Gasteiger partial charge in [0.1, 0.15) is 5.70 Å². The molecule has 0 saturated carbocycles. The summed E-state index contributed by atoms with van der Waals surface area (Å²) in [5, 5.41) is 14.2. The Morgan fingerprint density at radius 3 is 2.50 bits per heavy atom. The Balaban J connectivity index is 1.44. The SMILES string of the molecule is Cc1nnnn1/C(=C\c1ccccc1)C(=O)N1CC=C(c2cccc3ccccc23)CC1. The van der Waals surface area contributed by atoms with Crippen LogP contribution in [0.3, 0.4) is 0 Å². The lowest BCUT2D eigenvalue weighted by atomic mass is 9.94. The Hall–Kier alpha value is -4.06. The first kappa shape index (κ1) is 19.9. The average molecular weight is 422 g/mol. The molecule has 6 heteroatoms. The van der Waals surface area contributed by atoms with E-state index >= 15 is 0 Å². The molecule has 0 aliphatic carbocycles. The molecule has 0 spiro atoms. The predicted molar refractivity (Wildman–Crippen MR) is 126 cm³/mol. The third-order valence-electron chi connectivity index (χ3n) is 5.81. The quantitative estimate of drug-likeness (QED) is 0.457. The van der Waals surface area contributed by atoms with E-state index in [0.717, 1.165) is 12.0 Å². The number of aromatic nitrogens is 4. The summed E-state index contributed by atoms with van der Waals surface area (Å²) in [7, 11) is 0. The van der Waals surface area contributed by atoms with Gasteiger partial charge in [-0.05, 0) is 57.3 Å². The van der Waals surface area contributed by atoms with E-state index in [4.69, 9.17) is 0 Å². The van der Waals surface area contributed by atoms with Gasteiger partial charge in [0.25, 0.3) is 5.91 Å². The number of carbonyl (C=O) groups excluding carboxylic acids is 1. The summed E-state index contributed by atoms with van der Waals surface area (Å²) in [6.07, 6.45) is 4.80. The second-order valence-electron chi connectivity index (χ2n) is 7.84. The maximum atomic E-state index is 13.5. The maximum absolute atomic E-state index is 13.5. The standard InChI is InChI=1S/C26H23N5O/c1-19-27-28-29-31(19)25(18-20-8-3-2-4-9-20)26(32)30-16-14-22(15-17-30)24-13-7-11-21-10-5-6-12-23(21)24/h2-14,18H,15-17H2,1H3/b25-18-. The number of fused-ring (bicyclic) bond motifs is 1. The zero-order valence-electron chi connectivity index (χ0n) is 17.8. The number of rotatable bonds is 4. The summed E-state index contributed by atoms with van der Waals surface area (Å²) in [4.78, 5) is 15.4. The lowest BCUT2D eigenvalue weighted by Crippen LogP contribution is -2.36. The minimum absolute atomic E-state index is 0.0857. The zero-order chi connectivity index (χ0) is 21.9. The fourth-order valence-electron chi connectivity index (χ4n) is 4.14. The van der Waals surface area contributed by atoms with Crippen molar-refractivity contribution in [1.29, 1.82) is 0 Å². The van der Waals surface area contributed by atoms with Crippen LogP contribution in [0, 0.1) is 6.92 Å². The predicted octanol–water partition coefficient (Wildman–Crippen LogP) is 4.45. The molecule has 0 bridgehead atoms. The molecule has 3 aromatic carbocycles. The van der Waals surface area contributed by atoms with E-state index < -0.39 is 0 Å². The topological polar surface area (TPSA) is 63.9 Å². The van der Waals surface area contributed by atoms with Crippen LogP contribution in [0.4, 0.5) is 0 Å². The zero-order valence-corrected chi connectivity index (χ0v) is 17.8. The molecule has 0 fully saturated rings. The smallest absolute Gasteiger partial charge is 0.272 e. The Labute approximate surface area is 186 Å². The summed E-state index contributed by atoms with van der Waals surface area (Å²) in [6.45, 7) is 2.98. The summed E-state index contributed by atoms with van der Waals surface area (Å²) in [5.74, 6) is 0.488. The van der Waals surface area contributed by atoms with Crippen LogP contribution in [0.25, 0.3) is 28.1 Å². The van der Waals surface area contributed by atoms with E-state index in [2.05, 4.69) is 64.1 Å². The molecule has 5 rings (SSSR count). The van der Waals surface area contributed by atoms with Gasteiger partial charge in [-0.25, -0.2) is 0 Å². The molecule has 2 heterocycles. The number of carbonyl (C=O) groups is 1. The van der Waals surface area contributed by atoms with E-state index in [1.807, 2.05) is 41.3 Å². The third-order valence-corrected chi connectivity index (χ3v) is 5.81. The molecule has 0 unspecified atom stereocenters. The van der Waals surface area contributed by atoms with E-state index in [0.29, 0.717) is 24.6 Å². The molecule has 4 aromatic rings. The van der Waals surface area contributed by atoms with Crippen LogP contribution < -0.4 is 0 Å². The highest BCUT2D eigenvalue weighted by atomic mass is 16.2. The van der Waals surface area contributed by atoms with Crippen LogP contribution >= 0.6 is 0 Å². The van der Waals surface area contributed by atoms with Crippen molar-refractivity contribution in [3.05, 3.63) is 95.8 Å². The highest BCUT2D eigenvalue weighted by Crippen LogP contribution is 2.30. The second kappa shape index (κ2) is 8.59. The molecule has 158 valence electrons.